The summed E-state index contributed by atoms with van der Waals surface area (Å²) in [4.78, 5) is 32.3. The Morgan fingerprint density at radius 2 is 2.25 bits per heavy atom. The summed E-state index contributed by atoms with van der Waals surface area (Å²) in [5.74, 6) is 2.41. The van der Waals surface area contributed by atoms with Crippen molar-refractivity contribution in [2.75, 3.05) is 18.9 Å². The first-order chi connectivity index (χ1) is 13.7. The molecule has 3 heterocycles. The number of nitrogens with zero attached hydrogens (tertiary/aromatic N) is 2. The first-order valence-electron chi connectivity index (χ1n) is 9.67. The van der Waals surface area contributed by atoms with Gasteiger partial charge in [-0.3, -0.25) is 14.2 Å². The number of terminal acetylenes is 1. The van der Waals surface area contributed by atoms with E-state index in [0.717, 1.165) is 48.9 Å². The van der Waals surface area contributed by atoms with Gasteiger partial charge in [0, 0.05) is 11.5 Å². The van der Waals surface area contributed by atoms with Crippen molar-refractivity contribution in [3.05, 3.63) is 20.8 Å². The average molecular weight is 418 g/mol. The summed E-state index contributed by atoms with van der Waals surface area (Å²) in [7, 11) is 0. The van der Waals surface area contributed by atoms with E-state index in [1.165, 1.54) is 28.6 Å². The number of nitrogens with one attached hydrogen (secondary N) is 1. The third-order valence-corrected chi connectivity index (χ3v) is 7.33. The number of fused-ring (bicyclic) bond motifs is 3. The van der Waals surface area contributed by atoms with Gasteiger partial charge in [0.1, 0.15) is 4.83 Å². The molecule has 1 unspecified atom stereocenters. The molecule has 0 aromatic carbocycles. The van der Waals surface area contributed by atoms with Gasteiger partial charge in [-0.1, -0.05) is 17.7 Å². The van der Waals surface area contributed by atoms with Crippen molar-refractivity contribution in [3.8, 4) is 12.3 Å². The molecule has 2 aromatic rings. The minimum Gasteiger partial charge on any atom is -0.376 e. The maximum Gasteiger partial charge on any atom is 0.263 e. The number of carbonyl (C=O) groups excluding carboxylic acids is 1. The Bertz CT molecular complexity index is 983. The molecule has 2 aromatic heterocycles. The van der Waals surface area contributed by atoms with Crippen LogP contribution in [0.3, 0.4) is 0 Å². The number of thioether (sulfide) groups is 1. The minimum atomic E-state index is -0.161. The molecule has 4 rings (SSSR count). The molecule has 1 amide bonds. The van der Waals surface area contributed by atoms with Crippen LogP contribution in [0.15, 0.2) is 9.95 Å². The van der Waals surface area contributed by atoms with E-state index in [0.29, 0.717) is 11.7 Å². The lowest BCUT2D eigenvalue weighted by molar-refractivity contribution is -0.118. The van der Waals surface area contributed by atoms with Crippen LogP contribution in [-0.4, -0.2) is 40.5 Å². The Hall–Kier alpha value is -1.82. The number of hydrogen-bond donors (Lipinski definition) is 1. The highest BCUT2D eigenvalue weighted by atomic mass is 32.2. The molecule has 1 atom stereocenters. The fourth-order valence-corrected chi connectivity index (χ4v) is 5.95. The van der Waals surface area contributed by atoms with Crippen molar-refractivity contribution in [3.63, 3.8) is 0 Å². The molecule has 148 valence electrons. The van der Waals surface area contributed by atoms with Crippen LogP contribution in [0.4, 0.5) is 0 Å². The van der Waals surface area contributed by atoms with Crippen LogP contribution in [-0.2, 0) is 28.9 Å². The summed E-state index contributed by atoms with van der Waals surface area (Å²) < 4.78 is 7.48. The second-order valence-corrected chi connectivity index (χ2v) is 9.13. The highest BCUT2D eigenvalue weighted by Crippen LogP contribution is 2.34. The van der Waals surface area contributed by atoms with Crippen LogP contribution in [0.1, 0.15) is 36.1 Å². The van der Waals surface area contributed by atoms with Crippen molar-refractivity contribution >= 4 is 39.2 Å². The van der Waals surface area contributed by atoms with E-state index in [-0.39, 0.29) is 29.9 Å². The maximum atomic E-state index is 13.4. The van der Waals surface area contributed by atoms with E-state index >= 15 is 0 Å². The van der Waals surface area contributed by atoms with E-state index in [1.807, 2.05) is 0 Å². The fraction of sp³-hybridized carbons (Fsp3) is 0.550. The zero-order valence-corrected chi connectivity index (χ0v) is 17.3. The van der Waals surface area contributed by atoms with E-state index < -0.39 is 0 Å². The summed E-state index contributed by atoms with van der Waals surface area (Å²) >= 11 is 2.92. The average Bonchev–Trinajstić information content (AvgIpc) is 3.34. The van der Waals surface area contributed by atoms with Gasteiger partial charge in [0.05, 0.1) is 30.3 Å². The number of aryl methyl sites for hydroxylation is 2. The smallest absolute Gasteiger partial charge is 0.263 e. The summed E-state index contributed by atoms with van der Waals surface area (Å²) in [5, 5.41) is 4.02. The van der Waals surface area contributed by atoms with Crippen LogP contribution < -0.4 is 10.9 Å². The Morgan fingerprint density at radius 3 is 3.04 bits per heavy atom. The molecule has 1 fully saturated rings. The van der Waals surface area contributed by atoms with Crippen LogP contribution in [0.25, 0.3) is 10.2 Å². The van der Waals surface area contributed by atoms with Gasteiger partial charge >= 0.3 is 0 Å². The molecule has 1 N–H and O–H groups in total. The Balaban J connectivity index is 1.70. The second kappa shape index (κ2) is 8.68. The van der Waals surface area contributed by atoms with Crippen molar-refractivity contribution in [2.45, 2.75) is 56.3 Å². The quantitative estimate of drug-likeness (QED) is 0.444. The van der Waals surface area contributed by atoms with Gasteiger partial charge in [-0.15, -0.1) is 17.8 Å². The van der Waals surface area contributed by atoms with Crippen LogP contribution >= 0.6 is 23.1 Å². The molecule has 0 spiro atoms. The summed E-state index contributed by atoms with van der Waals surface area (Å²) in [6, 6.07) is 0. The molecule has 1 aliphatic carbocycles. The lowest BCUT2D eigenvalue weighted by Crippen LogP contribution is -2.30. The highest BCUT2D eigenvalue weighted by molar-refractivity contribution is 7.99. The molecule has 0 radical (unpaired) electrons. The predicted molar refractivity (Wildman–Crippen MR) is 112 cm³/mol. The molecular formula is C20H23N3O3S2. The minimum absolute atomic E-state index is 0.00596. The Labute approximate surface area is 172 Å². The van der Waals surface area contributed by atoms with Crippen molar-refractivity contribution in [2.24, 2.45) is 0 Å². The second-order valence-electron chi connectivity index (χ2n) is 7.11. The number of aromatic nitrogens is 2. The zero-order valence-electron chi connectivity index (χ0n) is 15.7. The van der Waals surface area contributed by atoms with Gasteiger partial charge in [0.15, 0.2) is 5.16 Å². The van der Waals surface area contributed by atoms with Gasteiger partial charge in [-0.2, -0.15) is 0 Å². The lowest BCUT2D eigenvalue weighted by atomic mass is 9.97. The number of hydrogen-bond acceptors (Lipinski definition) is 6. The van der Waals surface area contributed by atoms with Crippen LogP contribution in [0, 0.1) is 12.3 Å². The lowest BCUT2D eigenvalue weighted by Gasteiger charge is -2.16. The molecule has 28 heavy (non-hydrogen) atoms. The Morgan fingerprint density at radius 1 is 1.39 bits per heavy atom. The molecule has 2 aliphatic rings. The largest absolute Gasteiger partial charge is 0.376 e. The van der Waals surface area contributed by atoms with Gasteiger partial charge in [0.25, 0.3) is 5.56 Å². The molecule has 1 aliphatic heterocycles. The monoisotopic (exact) mass is 417 g/mol. The standard InChI is InChI=1S/C20H23N3O3S2/c1-2-9-21-16(24)12-27-20-22-18-17(14-7-3-4-8-15(14)28-18)19(25)23(20)11-13-6-5-10-26-13/h1,13H,3-12H2,(H,21,24). The third-order valence-electron chi connectivity index (χ3n) is 5.17. The first kappa shape index (κ1) is 19.5. The fourth-order valence-electron chi connectivity index (χ4n) is 3.81. The van der Waals surface area contributed by atoms with Gasteiger partial charge < -0.3 is 10.1 Å². The molecule has 0 saturated carbocycles. The molecule has 6 nitrogen and oxygen atoms in total. The van der Waals surface area contributed by atoms with Crippen LogP contribution in [0.2, 0.25) is 0 Å². The number of carbonyl (C=O) groups is 1. The summed E-state index contributed by atoms with van der Waals surface area (Å²) in [6.07, 6.45) is 11.4. The van der Waals surface area contributed by atoms with Crippen molar-refractivity contribution in [1.82, 2.24) is 14.9 Å². The van der Waals surface area contributed by atoms with Crippen molar-refractivity contribution in [1.29, 1.82) is 0 Å². The van der Waals surface area contributed by atoms with Crippen LogP contribution in [0.5, 0.6) is 0 Å². The first-order valence-corrected chi connectivity index (χ1v) is 11.5. The molecule has 8 heteroatoms. The normalized spacial score (nSPS) is 18.8. The molecule has 0 bridgehead atoms. The third kappa shape index (κ3) is 3.97. The number of rotatable bonds is 6. The maximum absolute atomic E-state index is 13.4. The van der Waals surface area contributed by atoms with Gasteiger partial charge in [-0.05, 0) is 44.1 Å². The van der Waals surface area contributed by atoms with E-state index in [1.54, 1.807) is 15.9 Å². The number of thiophene rings is 1. The Kier molecular flexibility index (Phi) is 6.04. The van der Waals surface area contributed by atoms with Crippen molar-refractivity contribution < 1.29 is 9.53 Å². The SMILES string of the molecule is C#CCNC(=O)CSc1nc2sc3c(c2c(=O)n1CC1CCCO1)CCCC3. The number of ether oxygens (including phenoxy) is 1. The van der Waals surface area contributed by atoms with E-state index in [9.17, 15) is 9.59 Å². The predicted octanol–water partition coefficient (Wildman–Crippen LogP) is 2.36. The number of amides is 1. The summed E-state index contributed by atoms with van der Waals surface area (Å²) in [5.41, 5.74) is 1.19. The van der Waals surface area contributed by atoms with E-state index in [2.05, 4.69) is 11.2 Å². The zero-order chi connectivity index (χ0) is 19.5. The molecular weight excluding hydrogens is 394 g/mol. The van der Waals surface area contributed by atoms with Gasteiger partial charge in [-0.25, -0.2) is 4.98 Å². The summed E-state index contributed by atoms with van der Waals surface area (Å²) in [6.45, 7) is 1.42. The van der Waals surface area contributed by atoms with Gasteiger partial charge in [0.2, 0.25) is 5.91 Å². The van der Waals surface area contributed by atoms with E-state index in [4.69, 9.17) is 16.1 Å². The highest BCUT2D eigenvalue weighted by Gasteiger charge is 2.25. The molecule has 1 saturated heterocycles. The topological polar surface area (TPSA) is 73.2 Å².